The molecule has 1 heterocycles. The first-order valence-corrected chi connectivity index (χ1v) is 9.51. The number of alkyl halides is 2. The molecule has 0 aliphatic carbocycles. The maximum absolute atomic E-state index is 12.2. The summed E-state index contributed by atoms with van der Waals surface area (Å²) in [6.07, 6.45) is 3.15. The van der Waals surface area contributed by atoms with E-state index in [1.807, 2.05) is 17.0 Å². The van der Waals surface area contributed by atoms with Crippen LogP contribution in [0.25, 0.3) is 0 Å². The summed E-state index contributed by atoms with van der Waals surface area (Å²) >= 11 is 11.7. The average molecular weight is 413 g/mol. The van der Waals surface area contributed by atoms with E-state index in [-0.39, 0.29) is 12.3 Å². The predicted molar refractivity (Wildman–Crippen MR) is 107 cm³/mol. The molecule has 27 heavy (non-hydrogen) atoms. The number of H-pyrrole nitrogens is 1. The first-order chi connectivity index (χ1) is 13.0. The second-order valence-electron chi connectivity index (χ2n) is 5.91. The quantitative estimate of drug-likeness (QED) is 0.585. The van der Waals surface area contributed by atoms with Gasteiger partial charge in [-0.15, -0.1) is 23.2 Å². The molecule has 1 aromatic carbocycles. The third-order valence-electron chi connectivity index (χ3n) is 4.11. The van der Waals surface area contributed by atoms with Gasteiger partial charge in [0.15, 0.2) is 0 Å². The minimum absolute atomic E-state index is 0.126. The van der Waals surface area contributed by atoms with Crippen LogP contribution >= 0.6 is 23.2 Å². The van der Waals surface area contributed by atoms with Crippen molar-refractivity contribution in [2.45, 2.75) is 19.4 Å². The van der Waals surface area contributed by atoms with Crippen molar-refractivity contribution in [1.29, 1.82) is 0 Å². The van der Waals surface area contributed by atoms with Crippen molar-refractivity contribution >= 4 is 46.5 Å². The number of hydrogen-bond acceptors (Lipinski definition) is 4. The standard InChI is InChI=1S/C18H22Cl2N4O3/c1-13(25)24(17(18(26)27)10-14-11-21-12-22-14)16-4-2-15(3-5-16)23(8-6-19)9-7-20/h2-5,11-12,17H,6-10H2,1H3,(H,21,22)(H,26,27)/t17-/m0/s1. The molecule has 7 nitrogen and oxygen atoms in total. The zero-order valence-electron chi connectivity index (χ0n) is 14.9. The van der Waals surface area contributed by atoms with Crippen molar-refractivity contribution in [2.24, 2.45) is 0 Å². The van der Waals surface area contributed by atoms with Crippen molar-refractivity contribution < 1.29 is 14.7 Å². The fourth-order valence-electron chi connectivity index (χ4n) is 2.87. The smallest absolute Gasteiger partial charge is 0.327 e. The van der Waals surface area contributed by atoms with Gasteiger partial charge in [0.1, 0.15) is 6.04 Å². The zero-order valence-corrected chi connectivity index (χ0v) is 16.5. The monoisotopic (exact) mass is 412 g/mol. The molecule has 0 aliphatic heterocycles. The lowest BCUT2D eigenvalue weighted by atomic mass is 10.1. The topological polar surface area (TPSA) is 89.5 Å². The number of rotatable bonds is 10. The second-order valence-corrected chi connectivity index (χ2v) is 6.66. The molecule has 0 aliphatic rings. The van der Waals surface area contributed by atoms with E-state index >= 15 is 0 Å². The van der Waals surface area contributed by atoms with E-state index in [4.69, 9.17) is 23.2 Å². The first-order valence-electron chi connectivity index (χ1n) is 8.44. The summed E-state index contributed by atoms with van der Waals surface area (Å²) < 4.78 is 0. The number of benzene rings is 1. The van der Waals surface area contributed by atoms with Crippen LogP contribution in [-0.4, -0.2) is 57.8 Å². The fraction of sp³-hybridized carbons (Fsp3) is 0.389. The molecule has 2 aromatic rings. The number of hydrogen-bond donors (Lipinski definition) is 2. The van der Waals surface area contributed by atoms with Gasteiger partial charge in [-0.3, -0.25) is 9.69 Å². The lowest BCUT2D eigenvalue weighted by molar-refractivity contribution is -0.140. The number of imidazole rings is 1. The second kappa shape index (κ2) is 10.2. The van der Waals surface area contributed by atoms with Crippen LogP contribution in [0.15, 0.2) is 36.8 Å². The van der Waals surface area contributed by atoms with Gasteiger partial charge in [-0.1, -0.05) is 0 Å². The van der Waals surface area contributed by atoms with Gasteiger partial charge in [0.2, 0.25) is 5.91 Å². The Morgan fingerprint density at radius 1 is 1.15 bits per heavy atom. The molecule has 0 unspecified atom stereocenters. The highest BCUT2D eigenvalue weighted by atomic mass is 35.5. The molecule has 1 amide bonds. The molecule has 0 saturated heterocycles. The molecular formula is C18H22Cl2N4O3. The zero-order chi connectivity index (χ0) is 19.8. The number of aromatic nitrogens is 2. The van der Waals surface area contributed by atoms with Crippen molar-refractivity contribution in [3.8, 4) is 0 Å². The summed E-state index contributed by atoms with van der Waals surface area (Å²) in [6, 6.07) is 6.08. The fourth-order valence-corrected chi connectivity index (χ4v) is 3.28. The van der Waals surface area contributed by atoms with Crippen molar-refractivity contribution in [1.82, 2.24) is 9.97 Å². The molecule has 1 aromatic heterocycles. The molecule has 0 spiro atoms. The maximum atomic E-state index is 12.2. The van der Waals surface area contributed by atoms with Crippen molar-refractivity contribution in [3.05, 3.63) is 42.5 Å². The summed E-state index contributed by atoms with van der Waals surface area (Å²) in [6.45, 7) is 2.63. The van der Waals surface area contributed by atoms with Crippen LogP contribution in [0.2, 0.25) is 0 Å². The van der Waals surface area contributed by atoms with E-state index in [9.17, 15) is 14.7 Å². The molecule has 146 valence electrons. The number of aliphatic carboxylic acids is 1. The van der Waals surface area contributed by atoms with Gasteiger partial charge >= 0.3 is 5.97 Å². The Hall–Kier alpha value is -2.25. The Bertz CT molecular complexity index is 732. The number of anilines is 2. The predicted octanol–water partition coefficient (Wildman–Crippen LogP) is 2.74. The summed E-state index contributed by atoms with van der Waals surface area (Å²) in [5.41, 5.74) is 2.06. The molecule has 1 atom stereocenters. The van der Waals surface area contributed by atoms with Crippen LogP contribution in [0.4, 0.5) is 11.4 Å². The number of carbonyl (C=O) groups excluding carboxylic acids is 1. The van der Waals surface area contributed by atoms with Gasteiger partial charge in [-0.2, -0.15) is 0 Å². The SMILES string of the molecule is CC(=O)N(c1ccc(N(CCCl)CCCl)cc1)[C@@H](Cc1cnc[nH]1)C(=O)O. The largest absolute Gasteiger partial charge is 0.480 e. The highest BCUT2D eigenvalue weighted by Crippen LogP contribution is 2.24. The normalized spacial score (nSPS) is 11.8. The van der Waals surface area contributed by atoms with Gasteiger partial charge in [0.05, 0.1) is 6.33 Å². The van der Waals surface area contributed by atoms with Crippen LogP contribution in [0, 0.1) is 0 Å². The first kappa shape index (κ1) is 21.1. The minimum Gasteiger partial charge on any atom is -0.480 e. The number of halogens is 2. The Balaban J connectivity index is 2.29. The number of nitrogens with zero attached hydrogens (tertiary/aromatic N) is 3. The molecule has 0 radical (unpaired) electrons. The summed E-state index contributed by atoms with van der Waals surface area (Å²) in [5, 5.41) is 9.67. The highest BCUT2D eigenvalue weighted by Gasteiger charge is 2.30. The van der Waals surface area contributed by atoms with Gasteiger partial charge in [-0.05, 0) is 24.3 Å². The third-order valence-corrected chi connectivity index (χ3v) is 4.44. The van der Waals surface area contributed by atoms with Gasteiger partial charge < -0.3 is 15.0 Å². The van der Waals surface area contributed by atoms with Gasteiger partial charge in [-0.25, -0.2) is 9.78 Å². The number of carboxylic acid groups (broad SMARTS) is 1. The van der Waals surface area contributed by atoms with E-state index in [0.717, 1.165) is 5.69 Å². The summed E-state index contributed by atoms with van der Waals surface area (Å²) in [7, 11) is 0. The van der Waals surface area contributed by atoms with Crippen LogP contribution in [0.3, 0.4) is 0 Å². The van der Waals surface area contributed by atoms with E-state index < -0.39 is 12.0 Å². The van der Waals surface area contributed by atoms with Crippen LogP contribution < -0.4 is 9.80 Å². The Morgan fingerprint density at radius 2 is 1.74 bits per heavy atom. The molecule has 9 heteroatoms. The molecule has 0 fully saturated rings. The van der Waals surface area contributed by atoms with E-state index in [0.29, 0.717) is 36.2 Å². The third kappa shape index (κ3) is 5.61. The number of carbonyl (C=O) groups is 2. The van der Waals surface area contributed by atoms with E-state index in [1.54, 1.807) is 18.3 Å². The van der Waals surface area contributed by atoms with E-state index in [1.165, 1.54) is 18.2 Å². The Morgan fingerprint density at radius 3 is 2.19 bits per heavy atom. The number of aromatic amines is 1. The lowest BCUT2D eigenvalue weighted by Gasteiger charge is -2.29. The number of amides is 1. The lowest BCUT2D eigenvalue weighted by Crippen LogP contribution is -2.45. The number of nitrogens with one attached hydrogen (secondary N) is 1. The molecule has 0 saturated carbocycles. The van der Waals surface area contributed by atoms with Crippen LogP contribution in [0.1, 0.15) is 12.6 Å². The average Bonchev–Trinajstić information content (AvgIpc) is 3.14. The molecular weight excluding hydrogens is 391 g/mol. The van der Waals surface area contributed by atoms with Crippen molar-refractivity contribution in [2.75, 3.05) is 34.6 Å². The summed E-state index contributed by atoms with van der Waals surface area (Å²) in [5.74, 6) is -0.518. The number of carboxylic acids is 1. The summed E-state index contributed by atoms with van der Waals surface area (Å²) in [4.78, 5) is 34.1. The Labute approximate surface area is 167 Å². The van der Waals surface area contributed by atoms with Gasteiger partial charge in [0.25, 0.3) is 0 Å². The van der Waals surface area contributed by atoms with Crippen LogP contribution in [0.5, 0.6) is 0 Å². The van der Waals surface area contributed by atoms with E-state index in [2.05, 4.69) is 9.97 Å². The minimum atomic E-state index is -1.09. The molecule has 2 rings (SSSR count). The van der Waals surface area contributed by atoms with Crippen LogP contribution in [-0.2, 0) is 16.0 Å². The highest BCUT2D eigenvalue weighted by molar-refractivity contribution is 6.18. The maximum Gasteiger partial charge on any atom is 0.327 e. The van der Waals surface area contributed by atoms with Crippen molar-refractivity contribution in [3.63, 3.8) is 0 Å². The van der Waals surface area contributed by atoms with Gasteiger partial charge in [0, 0.05) is 61.5 Å². The molecule has 2 N–H and O–H groups in total. The molecule has 0 bridgehead atoms. The Kier molecular flexibility index (Phi) is 7.94.